The lowest BCUT2D eigenvalue weighted by atomic mass is 9.97. The molecular weight excluding hydrogens is 240 g/mol. The van der Waals surface area contributed by atoms with Gasteiger partial charge in [-0.05, 0) is 51.0 Å². The third kappa shape index (κ3) is 1.53. The topological polar surface area (TPSA) is 0 Å². The molecule has 0 heterocycles. The first-order chi connectivity index (χ1) is 8.58. The van der Waals surface area contributed by atoms with E-state index in [1.165, 1.54) is 21.7 Å². The predicted octanol–water partition coefficient (Wildman–Crippen LogP) is 3.78. The highest BCUT2D eigenvalue weighted by atomic mass is 35.5. The van der Waals surface area contributed by atoms with Gasteiger partial charge >= 0.3 is 0 Å². The molecule has 0 saturated carbocycles. The first kappa shape index (κ1) is 11.3. The molecule has 18 heavy (non-hydrogen) atoms. The van der Waals surface area contributed by atoms with Gasteiger partial charge in [0.2, 0.25) is 0 Å². The largest absolute Gasteiger partial charge is 0.0905 e. The van der Waals surface area contributed by atoms with Crippen LogP contribution in [0.15, 0.2) is 36.4 Å². The summed E-state index contributed by atoms with van der Waals surface area (Å²) in [5.41, 5.74) is 1.24. The summed E-state index contributed by atoms with van der Waals surface area (Å²) in [4.78, 5) is 0. The Labute approximate surface area is 111 Å². The van der Waals surface area contributed by atoms with Crippen LogP contribution in [0.3, 0.4) is 0 Å². The minimum absolute atomic E-state index is 0.735. The van der Waals surface area contributed by atoms with E-state index < -0.39 is 0 Å². The van der Waals surface area contributed by atoms with Crippen LogP contribution in [-0.2, 0) is 0 Å². The van der Waals surface area contributed by atoms with Crippen molar-refractivity contribution in [3.8, 4) is 0 Å². The van der Waals surface area contributed by atoms with E-state index in [2.05, 4.69) is 44.3 Å². The average Bonchev–Trinajstić information content (AvgIpc) is 2.36. The quantitative estimate of drug-likeness (QED) is 0.534. The maximum Gasteiger partial charge on any atom is 0.0412 e. The fourth-order valence-corrected chi connectivity index (χ4v) is 2.64. The zero-order valence-electron chi connectivity index (χ0n) is 10.3. The summed E-state index contributed by atoms with van der Waals surface area (Å²) in [7, 11) is 0. The lowest BCUT2D eigenvalue weighted by Gasteiger charge is -2.07. The number of fused-ring (bicyclic) bond motifs is 3. The summed E-state index contributed by atoms with van der Waals surface area (Å²) in [6.07, 6.45) is 0. The standard InChI is InChI=1S/C17H13Cl/c1-10-4-6-14-15-7-5-13(18)9-17(15)12(3)11(2)16(14)8-10/h4-9H,2-3H2,1H3. The van der Waals surface area contributed by atoms with Crippen molar-refractivity contribution in [2.24, 2.45) is 0 Å². The Balaban J connectivity index is 2.71. The van der Waals surface area contributed by atoms with Crippen LogP contribution in [0.2, 0.25) is 5.02 Å². The molecule has 0 amide bonds. The van der Waals surface area contributed by atoms with Gasteiger partial charge in [-0.15, -0.1) is 0 Å². The van der Waals surface area contributed by atoms with Crippen molar-refractivity contribution >= 4 is 46.3 Å². The van der Waals surface area contributed by atoms with Crippen molar-refractivity contribution in [1.29, 1.82) is 0 Å². The van der Waals surface area contributed by atoms with Gasteiger partial charge in [-0.3, -0.25) is 0 Å². The molecule has 0 aromatic heterocycles. The number of rotatable bonds is 0. The molecule has 0 aliphatic rings. The van der Waals surface area contributed by atoms with E-state index in [0.717, 1.165) is 20.8 Å². The Morgan fingerprint density at radius 3 is 2.00 bits per heavy atom. The molecule has 3 rings (SSSR count). The van der Waals surface area contributed by atoms with E-state index in [0.29, 0.717) is 0 Å². The number of benzene rings is 3. The lowest BCUT2D eigenvalue weighted by Crippen LogP contribution is -2.23. The van der Waals surface area contributed by atoms with Crippen LogP contribution in [0, 0.1) is 6.92 Å². The van der Waals surface area contributed by atoms with Crippen LogP contribution >= 0.6 is 11.6 Å². The zero-order valence-corrected chi connectivity index (χ0v) is 11.0. The fourth-order valence-electron chi connectivity index (χ4n) is 2.47. The van der Waals surface area contributed by atoms with Crippen LogP contribution in [0.4, 0.5) is 0 Å². The molecule has 0 nitrogen and oxygen atoms in total. The molecular formula is C17H13Cl. The Morgan fingerprint density at radius 2 is 1.33 bits per heavy atom. The lowest BCUT2D eigenvalue weighted by molar-refractivity contribution is 1.50. The molecule has 0 radical (unpaired) electrons. The van der Waals surface area contributed by atoms with E-state index in [4.69, 9.17) is 11.6 Å². The minimum Gasteiger partial charge on any atom is -0.0905 e. The molecule has 0 unspecified atom stereocenters. The Bertz CT molecular complexity index is 801. The normalized spacial score (nSPS) is 11.2. The van der Waals surface area contributed by atoms with Crippen molar-refractivity contribution in [3.05, 3.63) is 57.4 Å². The third-order valence-electron chi connectivity index (χ3n) is 3.46. The smallest absolute Gasteiger partial charge is 0.0412 e. The summed E-state index contributed by atoms with van der Waals surface area (Å²) in [5.74, 6) is 0. The van der Waals surface area contributed by atoms with Gasteiger partial charge < -0.3 is 0 Å². The molecule has 0 aliphatic heterocycles. The molecule has 0 N–H and O–H groups in total. The van der Waals surface area contributed by atoms with E-state index >= 15 is 0 Å². The molecule has 3 aromatic carbocycles. The molecule has 0 spiro atoms. The molecule has 88 valence electrons. The summed E-state index contributed by atoms with van der Waals surface area (Å²) < 4.78 is 0. The minimum atomic E-state index is 0.735. The molecule has 0 atom stereocenters. The predicted molar refractivity (Wildman–Crippen MR) is 81.5 cm³/mol. The fraction of sp³-hybridized carbons (Fsp3) is 0.0588. The number of hydrogen-bond donors (Lipinski definition) is 0. The van der Waals surface area contributed by atoms with E-state index in [-0.39, 0.29) is 0 Å². The van der Waals surface area contributed by atoms with Gasteiger partial charge in [0.1, 0.15) is 0 Å². The van der Waals surface area contributed by atoms with Gasteiger partial charge in [-0.25, -0.2) is 0 Å². The first-order valence-electron chi connectivity index (χ1n) is 5.87. The highest BCUT2D eigenvalue weighted by molar-refractivity contribution is 6.31. The SMILES string of the molecule is C=c1c(=C)c2cc(Cl)ccc2c2ccc(C)cc12. The van der Waals surface area contributed by atoms with E-state index in [1.54, 1.807) is 0 Å². The second kappa shape index (κ2) is 3.86. The first-order valence-corrected chi connectivity index (χ1v) is 6.25. The number of halogens is 1. The summed E-state index contributed by atoms with van der Waals surface area (Å²) >= 11 is 6.07. The van der Waals surface area contributed by atoms with E-state index in [9.17, 15) is 0 Å². The Morgan fingerprint density at radius 1 is 0.778 bits per heavy atom. The van der Waals surface area contributed by atoms with Crippen molar-refractivity contribution in [2.45, 2.75) is 6.92 Å². The van der Waals surface area contributed by atoms with Gasteiger partial charge in [-0.2, -0.15) is 0 Å². The van der Waals surface area contributed by atoms with Crippen LogP contribution in [0.25, 0.3) is 34.7 Å². The highest BCUT2D eigenvalue weighted by Gasteiger charge is 2.04. The third-order valence-corrected chi connectivity index (χ3v) is 3.70. The number of hydrogen-bond acceptors (Lipinski definition) is 0. The second-order valence-corrected chi connectivity index (χ2v) is 5.13. The van der Waals surface area contributed by atoms with Crippen molar-refractivity contribution < 1.29 is 0 Å². The maximum atomic E-state index is 6.07. The Kier molecular flexibility index (Phi) is 2.42. The molecule has 1 heteroatoms. The Hall–Kier alpha value is -1.79. The van der Waals surface area contributed by atoms with Crippen LogP contribution in [0.5, 0.6) is 0 Å². The summed E-state index contributed by atoms with van der Waals surface area (Å²) in [6.45, 7) is 10.4. The van der Waals surface area contributed by atoms with Gasteiger partial charge in [0.25, 0.3) is 0 Å². The number of aryl methyl sites for hydroxylation is 1. The zero-order chi connectivity index (χ0) is 12.9. The van der Waals surface area contributed by atoms with Crippen LogP contribution < -0.4 is 10.4 Å². The van der Waals surface area contributed by atoms with E-state index in [1.807, 2.05) is 12.1 Å². The second-order valence-electron chi connectivity index (χ2n) is 4.70. The average molecular weight is 253 g/mol. The maximum absolute atomic E-state index is 6.07. The van der Waals surface area contributed by atoms with Crippen molar-refractivity contribution in [3.63, 3.8) is 0 Å². The summed E-state index contributed by atoms with van der Waals surface area (Å²) in [5, 5.41) is 7.35. The van der Waals surface area contributed by atoms with Crippen molar-refractivity contribution in [2.75, 3.05) is 0 Å². The molecule has 0 fully saturated rings. The molecule has 0 saturated heterocycles. The van der Waals surface area contributed by atoms with Gasteiger partial charge in [0.15, 0.2) is 0 Å². The van der Waals surface area contributed by atoms with Crippen molar-refractivity contribution in [1.82, 2.24) is 0 Å². The van der Waals surface area contributed by atoms with Gasteiger partial charge in [-0.1, -0.05) is 54.6 Å². The summed E-state index contributed by atoms with van der Waals surface area (Å²) in [6, 6.07) is 12.4. The van der Waals surface area contributed by atoms with Crippen LogP contribution in [-0.4, -0.2) is 0 Å². The van der Waals surface area contributed by atoms with Crippen LogP contribution in [0.1, 0.15) is 5.56 Å². The molecule has 3 aromatic rings. The molecule has 0 bridgehead atoms. The monoisotopic (exact) mass is 252 g/mol. The van der Waals surface area contributed by atoms with Gasteiger partial charge in [0, 0.05) is 5.02 Å². The molecule has 0 aliphatic carbocycles. The van der Waals surface area contributed by atoms with Gasteiger partial charge in [0.05, 0.1) is 0 Å². The highest BCUT2D eigenvalue weighted by Crippen LogP contribution is 2.23.